The van der Waals surface area contributed by atoms with Gasteiger partial charge in [0.15, 0.2) is 0 Å². The van der Waals surface area contributed by atoms with Gasteiger partial charge in [-0.1, -0.05) is 60.7 Å². The van der Waals surface area contributed by atoms with Gasteiger partial charge >= 0.3 is 20.1 Å². The molecule has 1 aromatic heterocycles. The monoisotopic (exact) mass is 687 g/mol. The zero-order valence-corrected chi connectivity index (χ0v) is 23.9. The quantitative estimate of drug-likeness (QED) is 0.174. The van der Waals surface area contributed by atoms with Crippen molar-refractivity contribution in [1.82, 2.24) is 4.37 Å². The molecule has 3 nitrogen and oxygen atoms in total. The maximum absolute atomic E-state index is 4.48. The SMILES string of the molecule is CN1[CH-]N(c2[c-]ccc(-c3ccccc3)c2)c2ccccc21.[Ir+3].[c-]1ccccc1-c1nsc2ccccc12. The Morgan fingerprint density at radius 3 is 2.26 bits per heavy atom. The van der Waals surface area contributed by atoms with Crippen LogP contribution in [0.1, 0.15) is 0 Å². The molecule has 1 aliphatic heterocycles. The molecule has 0 aliphatic carbocycles. The second-order valence-electron chi connectivity index (χ2n) is 8.72. The van der Waals surface area contributed by atoms with Gasteiger partial charge in [-0.3, -0.25) is 0 Å². The molecule has 7 rings (SSSR count). The van der Waals surface area contributed by atoms with E-state index in [0.29, 0.717) is 0 Å². The summed E-state index contributed by atoms with van der Waals surface area (Å²) in [6.45, 7) is 2.10. The summed E-state index contributed by atoms with van der Waals surface area (Å²) < 4.78 is 5.70. The molecule has 38 heavy (non-hydrogen) atoms. The van der Waals surface area contributed by atoms with Crippen molar-refractivity contribution in [2.75, 3.05) is 16.8 Å². The minimum Gasteiger partial charge on any atom is -0.504 e. The zero-order chi connectivity index (χ0) is 25.0. The molecule has 2 heterocycles. The van der Waals surface area contributed by atoms with Crippen molar-refractivity contribution in [3.8, 4) is 22.4 Å². The summed E-state index contributed by atoms with van der Waals surface area (Å²) in [6.07, 6.45) is 0. The number of fused-ring (bicyclic) bond motifs is 2. The fourth-order valence-electron chi connectivity index (χ4n) is 4.48. The first-order valence-corrected chi connectivity index (χ1v) is 12.9. The van der Waals surface area contributed by atoms with Crippen molar-refractivity contribution < 1.29 is 20.1 Å². The smallest absolute Gasteiger partial charge is 0.504 e. The van der Waals surface area contributed by atoms with Crippen LogP contribution in [0.15, 0.2) is 121 Å². The van der Waals surface area contributed by atoms with Crippen molar-refractivity contribution in [2.45, 2.75) is 0 Å². The maximum atomic E-state index is 4.48. The maximum Gasteiger partial charge on any atom is 3.00 e. The Hall–Kier alpha value is -3.76. The third-order valence-corrected chi connectivity index (χ3v) is 7.13. The van der Waals surface area contributed by atoms with E-state index in [1.165, 1.54) is 44.1 Å². The molecule has 0 unspecified atom stereocenters. The molecule has 0 radical (unpaired) electrons. The van der Waals surface area contributed by atoms with E-state index >= 15 is 0 Å². The van der Waals surface area contributed by atoms with Crippen molar-refractivity contribution in [3.63, 3.8) is 0 Å². The van der Waals surface area contributed by atoms with Crippen LogP contribution in [0.25, 0.3) is 32.5 Å². The predicted octanol–water partition coefficient (Wildman–Crippen LogP) is 8.62. The van der Waals surface area contributed by atoms with Gasteiger partial charge in [-0.15, -0.1) is 53.2 Å². The van der Waals surface area contributed by atoms with Crippen LogP contribution in [0.3, 0.4) is 0 Å². The molecule has 0 atom stereocenters. The van der Waals surface area contributed by atoms with Crippen LogP contribution in [0.4, 0.5) is 17.1 Å². The Morgan fingerprint density at radius 2 is 1.45 bits per heavy atom. The molecule has 0 spiro atoms. The summed E-state index contributed by atoms with van der Waals surface area (Å²) in [5.41, 5.74) is 7.98. The molecule has 5 heteroatoms. The standard InChI is InChI=1S/C20H16N2.C13H8NS.Ir/c1-21-15-22(20-13-6-5-12-19(20)21)18-11-7-10-17(14-18)16-8-3-2-4-9-16;1-2-6-10(7-3-1)13-11-8-4-5-9-12(11)15-14-13;/h2-10,12-15H,1H3;1-6,8-9H;/q-2;-1;+3. The van der Waals surface area contributed by atoms with Gasteiger partial charge in [-0.25, -0.2) is 4.37 Å². The van der Waals surface area contributed by atoms with E-state index in [1.807, 2.05) is 48.5 Å². The average Bonchev–Trinajstić information content (AvgIpc) is 3.56. The fourth-order valence-corrected chi connectivity index (χ4v) is 5.27. The number of para-hydroxylation sites is 2. The molecule has 1 aliphatic rings. The van der Waals surface area contributed by atoms with E-state index in [9.17, 15) is 0 Å². The van der Waals surface area contributed by atoms with Crippen LogP contribution >= 0.6 is 11.5 Å². The molecule has 0 amide bonds. The first-order chi connectivity index (χ1) is 18.3. The number of hydrogen-bond acceptors (Lipinski definition) is 4. The first-order valence-electron chi connectivity index (χ1n) is 12.1. The van der Waals surface area contributed by atoms with Crippen LogP contribution in [0.2, 0.25) is 0 Å². The zero-order valence-electron chi connectivity index (χ0n) is 20.7. The summed E-state index contributed by atoms with van der Waals surface area (Å²) in [6, 6.07) is 47.9. The van der Waals surface area contributed by atoms with Crippen molar-refractivity contribution in [3.05, 3.63) is 140 Å². The van der Waals surface area contributed by atoms with Crippen LogP contribution in [0.5, 0.6) is 0 Å². The molecule has 186 valence electrons. The fraction of sp³-hybridized carbons (Fsp3) is 0.0303. The Bertz CT molecular complexity index is 1630. The topological polar surface area (TPSA) is 19.4 Å². The van der Waals surface area contributed by atoms with Gasteiger partial charge in [0, 0.05) is 21.8 Å². The Balaban J connectivity index is 0.000000161. The molecule has 0 bridgehead atoms. The van der Waals surface area contributed by atoms with Gasteiger partial charge in [0.05, 0.1) is 0 Å². The van der Waals surface area contributed by atoms with E-state index in [1.54, 1.807) is 0 Å². The van der Waals surface area contributed by atoms with E-state index in [4.69, 9.17) is 0 Å². The van der Waals surface area contributed by atoms with Gasteiger partial charge in [-0.2, -0.15) is 24.9 Å². The van der Waals surface area contributed by atoms with Crippen LogP contribution in [-0.2, 0) is 20.1 Å². The molecule has 6 aromatic rings. The van der Waals surface area contributed by atoms with Gasteiger partial charge in [0.2, 0.25) is 0 Å². The third-order valence-electron chi connectivity index (χ3n) is 6.30. The largest absolute Gasteiger partial charge is 3.00 e. The van der Waals surface area contributed by atoms with Gasteiger partial charge in [0.25, 0.3) is 0 Å². The first kappa shape index (κ1) is 25.9. The molecular weight excluding hydrogens is 663 g/mol. The van der Waals surface area contributed by atoms with E-state index < -0.39 is 0 Å². The molecule has 0 N–H and O–H groups in total. The Labute approximate surface area is 241 Å². The molecule has 0 saturated carbocycles. The van der Waals surface area contributed by atoms with Crippen LogP contribution in [0, 0.1) is 18.8 Å². The number of benzene rings is 5. The van der Waals surface area contributed by atoms with Crippen LogP contribution < -0.4 is 9.80 Å². The van der Waals surface area contributed by atoms with Crippen LogP contribution in [-0.4, -0.2) is 11.4 Å². The summed E-state index contributed by atoms with van der Waals surface area (Å²) in [7, 11) is 2.07. The predicted molar refractivity (Wildman–Crippen MR) is 156 cm³/mol. The Kier molecular flexibility index (Phi) is 8.00. The second kappa shape index (κ2) is 11.7. The number of rotatable bonds is 3. The minimum absolute atomic E-state index is 0. The third kappa shape index (κ3) is 5.27. The van der Waals surface area contributed by atoms with E-state index in [2.05, 4.69) is 113 Å². The van der Waals surface area contributed by atoms with Crippen molar-refractivity contribution >= 4 is 38.7 Å². The van der Waals surface area contributed by atoms with Crippen molar-refractivity contribution in [1.29, 1.82) is 0 Å². The number of anilines is 3. The summed E-state index contributed by atoms with van der Waals surface area (Å²) in [5.74, 6) is 0. The minimum atomic E-state index is 0. The van der Waals surface area contributed by atoms with Gasteiger partial charge in [-0.05, 0) is 47.7 Å². The number of aromatic nitrogens is 1. The average molecular weight is 687 g/mol. The molecule has 0 saturated heterocycles. The molecule has 5 aromatic carbocycles. The molecule has 0 fully saturated rings. The van der Waals surface area contributed by atoms with Gasteiger partial charge < -0.3 is 9.80 Å². The number of nitrogens with zero attached hydrogens (tertiary/aromatic N) is 3. The summed E-state index contributed by atoms with van der Waals surface area (Å²) in [4.78, 5) is 4.32. The molecular formula is C33H24IrN3S. The van der Waals surface area contributed by atoms with E-state index in [0.717, 1.165) is 16.9 Å². The van der Waals surface area contributed by atoms with Crippen molar-refractivity contribution in [2.24, 2.45) is 0 Å². The summed E-state index contributed by atoms with van der Waals surface area (Å²) >= 11 is 1.54. The number of hydrogen-bond donors (Lipinski definition) is 0. The van der Waals surface area contributed by atoms with E-state index in [-0.39, 0.29) is 20.1 Å². The Morgan fingerprint density at radius 1 is 0.711 bits per heavy atom. The normalized spacial score (nSPS) is 11.9. The second-order valence-corrected chi connectivity index (χ2v) is 9.52. The summed E-state index contributed by atoms with van der Waals surface area (Å²) in [5, 5.41) is 1.21. The van der Waals surface area contributed by atoms with Gasteiger partial charge in [0.1, 0.15) is 0 Å².